The van der Waals surface area contributed by atoms with Crippen LogP contribution in [0.3, 0.4) is 0 Å². The van der Waals surface area contributed by atoms with Crippen LogP contribution < -0.4 is 0 Å². The van der Waals surface area contributed by atoms with Crippen molar-refractivity contribution in [2.24, 2.45) is 0 Å². The molecule has 0 bridgehead atoms. The average Bonchev–Trinajstić information content (AvgIpc) is 2.65. The summed E-state index contributed by atoms with van der Waals surface area (Å²) in [6.45, 7) is 0.894. The summed E-state index contributed by atoms with van der Waals surface area (Å²) in [6.07, 6.45) is 4.59. The summed E-state index contributed by atoms with van der Waals surface area (Å²) in [5.41, 5.74) is 0.00638. The van der Waals surface area contributed by atoms with Gasteiger partial charge in [0.2, 0.25) is 0 Å². The van der Waals surface area contributed by atoms with Crippen molar-refractivity contribution in [3.05, 3.63) is 21.3 Å². The Bertz CT molecular complexity index is 320. The van der Waals surface area contributed by atoms with E-state index in [2.05, 4.69) is 22.0 Å². The van der Waals surface area contributed by atoms with Crippen LogP contribution in [0.1, 0.15) is 24.1 Å². The van der Waals surface area contributed by atoms with E-state index in [1.807, 2.05) is 6.07 Å². The SMILES string of the molecule is Clc1ccc(CC2(CBr)CCCCO2)s1. The first-order valence-electron chi connectivity index (χ1n) is 5.18. The number of alkyl halides is 1. The van der Waals surface area contributed by atoms with Gasteiger partial charge in [-0.2, -0.15) is 0 Å². The summed E-state index contributed by atoms with van der Waals surface area (Å²) in [5, 5.41) is 0.912. The molecule has 0 radical (unpaired) electrons. The molecule has 1 aliphatic rings. The quantitative estimate of drug-likeness (QED) is 0.757. The Morgan fingerprint density at radius 2 is 2.33 bits per heavy atom. The lowest BCUT2D eigenvalue weighted by molar-refractivity contribution is -0.0592. The molecule has 15 heavy (non-hydrogen) atoms. The number of hydrogen-bond donors (Lipinski definition) is 0. The Hall–Kier alpha value is 0.430. The van der Waals surface area contributed by atoms with Crippen molar-refractivity contribution in [1.29, 1.82) is 0 Å². The highest BCUT2D eigenvalue weighted by atomic mass is 79.9. The van der Waals surface area contributed by atoms with E-state index in [4.69, 9.17) is 16.3 Å². The summed E-state index contributed by atoms with van der Waals surface area (Å²) in [6, 6.07) is 4.07. The molecule has 1 saturated heterocycles. The van der Waals surface area contributed by atoms with Crippen LogP contribution >= 0.6 is 38.9 Å². The van der Waals surface area contributed by atoms with Gasteiger partial charge in [-0.15, -0.1) is 11.3 Å². The molecule has 84 valence electrons. The van der Waals surface area contributed by atoms with Crippen LogP contribution in [0, 0.1) is 0 Å². The number of hydrogen-bond acceptors (Lipinski definition) is 2. The van der Waals surface area contributed by atoms with Gasteiger partial charge in [0, 0.05) is 23.2 Å². The van der Waals surface area contributed by atoms with Gasteiger partial charge in [-0.25, -0.2) is 0 Å². The second-order valence-electron chi connectivity index (χ2n) is 4.00. The van der Waals surface area contributed by atoms with Crippen LogP contribution in [0.25, 0.3) is 0 Å². The van der Waals surface area contributed by atoms with Gasteiger partial charge in [-0.05, 0) is 31.4 Å². The van der Waals surface area contributed by atoms with Gasteiger partial charge < -0.3 is 4.74 Å². The summed E-state index contributed by atoms with van der Waals surface area (Å²) in [4.78, 5) is 1.32. The Morgan fingerprint density at radius 3 is 2.87 bits per heavy atom. The summed E-state index contributed by atoms with van der Waals surface area (Å²) >= 11 is 11.2. The molecular weight excluding hydrogens is 296 g/mol. The maximum Gasteiger partial charge on any atom is 0.0931 e. The zero-order valence-corrected chi connectivity index (χ0v) is 11.6. The molecule has 1 unspecified atom stereocenters. The molecule has 0 saturated carbocycles. The third-order valence-electron chi connectivity index (χ3n) is 2.80. The van der Waals surface area contributed by atoms with Crippen molar-refractivity contribution in [2.45, 2.75) is 31.3 Å². The van der Waals surface area contributed by atoms with Crippen LogP contribution in [0.2, 0.25) is 4.34 Å². The Morgan fingerprint density at radius 1 is 1.47 bits per heavy atom. The van der Waals surface area contributed by atoms with Gasteiger partial charge in [0.1, 0.15) is 0 Å². The van der Waals surface area contributed by atoms with Gasteiger partial charge in [0.25, 0.3) is 0 Å². The molecule has 1 nitrogen and oxygen atoms in total. The van der Waals surface area contributed by atoms with Gasteiger partial charge in [-0.1, -0.05) is 27.5 Å². The molecule has 0 aliphatic carbocycles. The Balaban J connectivity index is 2.06. The van der Waals surface area contributed by atoms with Crippen LogP contribution in [0.4, 0.5) is 0 Å². The average molecular weight is 310 g/mol. The first-order valence-corrected chi connectivity index (χ1v) is 7.50. The maximum atomic E-state index is 5.94. The van der Waals surface area contributed by atoms with Crippen LogP contribution in [0.15, 0.2) is 12.1 Å². The standard InChI is InChI=1S/C11H14BrClOS/c12-8-11(5-1-2-6-14-11)7-9-3-4-10(13)15-9/h3-4H,1-2,5-8H2. The highest BCUT2D eigenvalue weighted by molar-refractivity contribution is 9.09. The number of rotatable bonds is 3. The lowest BCUT2D eigenvalue weighted by Gasteiger charge is -2.35. The van der Waals surface area contributed by atoms with E-state index in [0.717, 1.165) is 29.1 Å². The highest BCUT2D eigenvalue weighted by Gasteiger charge is 2.32. The second-order valence-corrected chi connectivity index (χ2v) is 6.37. The number of thiophene rings is 1. The molecule has 2 heterocycles. The molecule has 1 fully saturated rings. The molecule has 0 amide bonds. The van der Waals surface area contributed by atoms with Crippen LogP contribution in [0.5, 0.6) is 0 Å². The largest absolute Gasteiger partial charge is 0.374 e. The van der Waals surface area contributed by atoms with E-state index in [0.29, 0.717) is 0 Å². The minimum absolute atomic E-state index is 0.00638. The molecule has 0 aromatic carbocycles. The lowest BCUT2D eigenvalue weighted by Crippen LogP contribution is -2.40. The van der Waals surface area contributed by atoms with Crippen molar-refractivity contribution >= 4 is 38.9 Å². The zero-order chi connectivity index (χ0) is 10.7. The number of halogens is 2. The molecule has 2 rings (SSSR count). The molecule has 4 heteroatoms. The zero-order valence-electron chi connectivity index (χ0n) is 8.47. The second kappa shape index (κ2) is 5.17. The third kappa shape index (κ3) is 2.96. The molecule has 1 aromatic rings. The van der Waals surface area contributed by atoms with Gasteiger partial charge in [-0.3, -0.25) is 0 Å². The monoisotopic (exact) mass is 308 g/mol. The lowest BCUT2D eigenvalue weighted by atomic mass is 9.92. The van der Waals surface area contributed by atoms with Crippen molar-refractivity contribution in [3.8, 4) is 0 Å². The summed E-state index contributed by atoms with van der Waals surface area (Å²) in [7, 11) is 0. The fourth-order valence-electron chi connectivity index (χ4n) is 1.97. The minimum atomic E-state index is 0.00638. The van der Waals surface area contributed by atoms with E-state index >= 15 is 0 Å². The van der Waals surface area contributed by atoms with E-state index in [1.165, 1.54) is 17.7 Å². The smallest absolute Gasteiger partial charge is 0.0931 e. The maximum absolute atomic E-state index is 5.94. The molecule has 0 N–H and O–H groups in total. The minimum Gasteiger partial charge on any atom is -0.374 e. The molecule has 0 spiro atoms. The third-order valence-corrected chi connectivity index (χ3v) is 5.06. The van der Waals surface area contributed by atoms with Gasteiger partial charge in [0.15, 0.2) is 0 Å². The Labute approximate surface area is 108 Å². The van der Waals surface area contributed by atoms with E-state index in [-0.39, 0.29) is 5.60 Å². The van der Waals surface area contributed by atoms with E-state index in [1.54, 1.807) is 11.3 Å². The van der Waals surface area contributed by atoms with Crippen molar-refractivity contribution in [1.82, 2.24) is 0 Å². The van der Waals surface area contributed by atoms with Gasteiger partial charge in [0.05, 0.1) is 9.94 Å². The fourth-order valence-corrected chi connectivity index (χ4v) is 3.83. The topological polar surface area (TPSA) is 9.23 Å². The number of ether oxygens (including phenoxy) is 1. The van der Waals surface area contributed by atoms with Crippen molar-refractivity contribution in [2.75, 3.05) is 11.9 Å². The summed E-state index contributed by atoms with van der Waals surface area (Å²) < 4.78 is 6.81. The normalized spacial score (nSPS) is 26.8. The molecule has 1 atom stereocenters. The van der Waals surface area contributed by atoms with Gasteiger partial charge >= 0.3 is 0 Å². The first-order chi connectivity index (χ1) is 7.24. The van der Waals surface area contributed by atoms with Crippen LogP contribution in [-0.4, -0.2) is 17.5 Å². The molecule has 1 aliphatic heterocycles. The predicted octanol–water partition coefficient (Wildman–Crippen LogP) is 4.28. The van der Waals surface area contributed by atoms with Crippen molar-refractivity contribution < 1.29 is 4.74 Å². The molecule has 1 aromatic heterocycles. The first kappa shape index (κ1) is 11.9. The highest BCUT2D eigenvalue weighted by Crippen LogP contribution is 2.33. The fraction of sp³-hybridized carbons (Fsp3) is 0.636. The van der Waals surface area contributed by atoms with Crippen LogP contribution in [-0.2, 0) is 11.2 Å². The van der Waals surface area contributed by atoms with E-state index in [9.17, 15) is 0 Å². The van der Waals surface area contributed by atoms with Crippen molar-refractivity contribution in [3.63, 3.8) is 0 Å². The molecular formula is C11H14BrClOS. The Kier molecular flexibility index (Phi) is 4.10. The summed E-state index contributed by atoms with van der Waals surface area (Å²) in [5.74, 6) is 0. The predicted molar refractivity (Wildman–Crippen MR) is 69.4 cm³/mol. The van der Waals surface area contributed by atoms with E-state index < -0.39 is 0 Å².